The highest BCUT2D eigenvalue weighted by Crippen LogP contribution is 2.39. The van der Waals surface area contributed by atoms with Gasteiger partial charge >= 0.3 is 0 Å². The summed E-state index contributed by atoms with van der Waals surface area (Å²) in [6.45, 7) is 2.07. The molecule has 2 rings (SSSR count). The van der Waals surface area contributed by atoms with E-state index in [9.17, 15) is 4.79 Å². The van der Waals surface area contributed by atoms with Gasteiger partial charge in [-0.1, -0.05) is 0 Å². The van der Waals surface area contributed by atoms with Crippen LogP contribution in [0.25, 0.3) is 0 Å². The van der Waals surface area contributed by atoms with Gasteiger partial charge in [0.15, 0.2) is 0 Å². The summed E-state index contributed by atoms with van der Waals surface area (Å²) >= 11 is 13.1. The third kappa shape index (κ3) is 2.61. The topological polar surface area (TPSA) is 17.1 Å². The largest absolute Gasteiger partial charge is 0.275 e. The van der Waals surface area contributed by atoms with E-state index < -0.39 is 0 Å². The Labute approximate surface area is 110 Å². The fourth-order valence-corrected chi connectivity index (χ4v) is 3.72. The van der Waals surface area contributed by atoms with E-state index in [2.05, 4.69) is 6.92 Å². The van der Waals surface area contributed by atoms with Gasteiger partial charge in [0, 0.05) is 10.3 Å². The fourth-order valence-electron chi connectivity index (χ4n) is 2.36. The van der Waals surface area contributed by atoms with E-state index in [1.807, 2.05) is 6.07 Å². The van der Waals surface area contributed by atoms with Crippen molar-refractivity contribution in [2.45, 2.75) is 43.9 Å². The molecular formula is C12H14Cl2OS. The van der Waals surface area contributed by atoms with E-state index >= 15 is 0 Å². The number of halogens is 2. The lowest BCUT2D eigenvalue weighted by Crippen LogP contribution is -2.12. The van der Waals surface area contributed by atoms with Gasteiger partial charge in [0.2, 0.25) is 0 Å². The minimum Gasteiger partial charge on any atom is -0.275 e. The molecule has 0 aliphatic heterocycles. The first-order valence-corrected chi connectivity index (χ1v) is 7.15. The van der Waals surface area contributed by atoms with Gasteiger partial charge in [-0.3, -0.25) is 4.79 Å². The number of aryl methyl sites for hydroxylation is 1. The lowest BCUT2D eigenvalue weighted by Gasteiger charge is -2.25. The van der Waals surface area contributed by atoms with Crippen LogP contribution in [0, 0.1) is 6.92 Å². The first kappa shape index (κ1) is 12.4. The van der Waals surface area contributed by atoms with Crippen LogP contribution in [0.3, 0.4) is 0 Å². The van der Waals surface area contributed by atoms with E-state index in [1.165, 1.54) is 21.8 Å². The predicted octanol–water partition coefficient (Wildman–Crippen LogP) is 4.70. The molecule has 4 heteroatoms. The van der Waals surface area contributed by atoms with Crippen LogP contribution in [0.4, 0.5) is 0 Å². The zero-order valence-electron chi connectivity index (χ0n) is 9.13. The number of alkyl halides is 1. The molecule has 1 nitrogen and oxygen atoms in total. The van der Waals surface area contributed by atoms with Crippen molar-refractivity contribution in [3.63, 3.8) is 0 Å². The van der Waals surface area contributed by atoms with E-state index in [-0.39, 0.29) is 5.24 Å². The lowest BCUT2D eigenvalue weighted by molar-refractivity contribution is 0.108. The molecule has 1 fully saturated rings. The molecule has 0 unspecified atom stereocenters. The summed E-state index contributed by atoms with van der Waals surface area (Å²) in [5, 5.41) is -0.00491. The van der Waals surface area contributed by atoms with Gasteiger partial charge < -0.3 is 0 Å². The lowest BCUT2D eigenvalue weighted by atomic mass is 9.84. The van der Waals surface area contributed by atoms with Crippen molar-refractivity contribution in [1.82, 2.24) is 0 Å². The summed E-state index contributed by atoms with van der Waals surface area (Å²) < 4.78 is 0. The van der Waals surface area contributed by atoms with Crippen LogP contribution in [-0.2, 0) is 0 Å². The zero-order valence-corrected chi connectivity index (χ0v) is 11.5. The molecule has 1 aliphatic carbocycles. The molecular weight excluding hydrogens is 263 g/mol. The van der Waals surface area contributed by atoms with Gasteiger partial charge in [0.25, 0.3) is 5.24 Å². The summed E-state index contributed by atoms with van der Waals surface area (Å²) in [5.41, 5.74) is 1.30. The van der Waals surface area contributed by atoms with Crippen LogP contribution in [0.15, 0.2) is 6.07 Å². The third-order valence-corrected chi connectivity index (χ3v) is 5.06. The molecule has 1 aromatic heterocycles. The molecule has 88 valence electrons. The minimum atomic E-state index is -0.342. The third-order valence-electron chi connectivity index (χ3n) is 3.25. The van der Waals surface area contributed by atoms with Gasteiger partial charge in [-0.25, -0.2) is 0 Å². The fraction of sp³-hybridized carbons (Fsp3) is 0.583. The molecule has 0 spiro atoms. The molecule has 0 radical (unpaired) electrons. The number of carbonyl (C=O) groups excluding carboxylic acids is 1. The predicted molar refractivity (Wildman–Crippen MR) is 70.1 cm³/mol. The van der Waals surface area contributed by atoms with Gasteiger partial charge in [-0.05, 0) is 61.8 Å². The number of hydrogen-bond acceptors (Lipinski definition) is 2. The Morgan fingerprint density at radius 2 is 2.00 bits per heavy atom. The second-order valence-corrected chi connectivity index (χ2v) is 6.56. The maximum Gasteiger partial charge on any atom is 0.262 e. The number of hydrogen-bond donors (Lipinski definition) is 0. The highest BCUT2D eigenvalue weighted by atomic mass is 35.5. The highest BCUT2D eigenvalue weighted by Gasteiger charge is 2.24. The Morgan fingerprint density at radius 1 is 1.38 bits per heavy atom. The molecule has 16 heavy (non-hydrogen) atoms. The van der Waals surface area contributed by atoms with Crippen LogP contribution < -0.4 is 0 Å². The summed E-state index contributed by atoms with van der Waals surface area (Å²) in [5.74, 6) is 0.566. The molecule has 0 aromatic carbocycles. The highest BCUT2D eigenvalue weighted by molar-refractivity contribution is 7.15. The van der Waals surface area contributed by atoms with Crippen molar-refractivity contribution in [3.8, 4) is 0 Å². The minimum absolute atomic E-state index is 0.337. The maximum atomic E-state index is 11.1. The van der Waals surface area contributed by atoms with E-state index in [0.717, 1.165) is 25.7 Å². The Balaban J connectivity index is 2.17. The van der Waals surface area contributed by atoms with Crippen molar-refractivity contribution < 1.29 is 4.79 Å². The van der Waals surface area contributed by atoms with Gasteiger partial charge in [-0.15, -0.1) is 22.9 Å². The maximum absolute atomic E-state index is 11.1. The van der Waals surface area contributed by atoms with Gasteiger partial charge in [0.05, 0.1) is 4.88 Å². The normalized spacial score (nSPS) is 25.7. The van der Waals surface area contributed by atoms with Crippen LogP contribution in [0.5, 0.6) is 0 Å². The van der Waals surface area contributed by atoms with Crippen LogP contribution in [0.2, 0.25) is 0 Å². The monoisotopic (exact) mass is 276 g/mol. The summed E-state index contributed by atoms with van der Waals surface area (Å²) in [7, 11) is 0. The summed E-state index contributed by atoms with van der Waals surface area (Å²) in [4.78, 5) is 13.0. The number of carbonyl (C=O) groups is 1. The van der Waals surface area contributed by atoms with Crippen molar-refractivity contribution >= 4 is 39.8 Å². The molecule has 1 aliphatic rings. The van der Waals surface area contributed by atoms with Gasteiger partial charge in [-0.2, -0.15) is 0 Å². The van der Waals surface area contributed by atoms with E-state index in [1.54, 1.807) is 0 Å². The van der Waals surface area contributed by atoms with Crippen molar-refractivity contribution in [3.05, 3.63) is 21.4 Å². The average molecular weight is 277 g/mol. The number of thiophene rings is 1. The van der Waals surface area contributed by atoms with E-state index in [0.29, 0.717) is 16.2 Å². The second-order valence-electron chi connectivity index (χ2n) is 4.34. The van der Waals surface area contributed by atoms with Gasteiger partial charge in [0.1, 0.15) is 0 Å². The Bertz CT molecular complexity index is 392. The second kappa shape index (κ2) is 5.07. The van der Waals surface area contributed by atoms with Crippen molar-refractivity contribution in [1.29, 1.82) is 0 Å². The zero-order chi connectivity index (χ0) is 11.7. The molecule has 0 saturated heterocycles. The van der Waals surface area contributed by atoms with Crippen LogP contribution in [-0.4, -0.2) is 10.6 Å². The quantitative estimate of drug-likeness (QED) is 0.565. The Hall–Kier alpha value is -0.0500. The summed E-state index contributed by atoms with van der Waals surface area (Å²) in [6, 6.07) is 1.97. The first-order valence-electron chi connectivity index (χ1n) is 5.52. The standard InChI is InChI=1S/C12H14Cl2OS/c1-7-10(6-11(16-7)12(14)15)8-2-4-9(13)5-3-8/h6,8-9H,2-5H2,1H3. The van der Waals surface area contributed by atoms with Crippen molar-refractivity contribution in [2.75, 3.05) is 0 Å². The molecule has 1 heterocycles. The molecule has 0 bridgehead atoms. The van der Waals surface area contributed by atoms with Crippen LogP contribution in [0.1, 0.15) is 51.7 Å². The van der Waals surface area contributed by atoms with Crippen LogP contribution >= 0.6 is 34.5 Å². The smallest absolute Gasteiger partial charge is 0.262 e. The van der Waals surface area contributed by atoms with E-state index in [4.69, 9.17) is 23.2 Å². The molecule has 0 amide bonds. The molecule has 1 aromatic rings. The first-order chi connectivity index (χ1) is 7.58. The molecule has 1 saturated carbocycles. The Morgan fingerprint density at radius 3 is 2.50 bits per heavy atom. The molecule has 0 atom stereocenters. The number of rotatable bonds is 2. The Kier molecular flexibility index (Phi) is 3.93. The average Bonchev–Trinajstić information content (AvgIpc) is 2.62. The SMILES string of the molecule is Cc1sc(C(=O)Cl)cc1C1CCC(Cl)CC1. The van der Waals surface area contributed by atoms with Crippen molar-refractivity contribution in [2.24, 2.45) is 0 Å². The summed E-state index contributed by atoms with van der Waals surface area (Å²) in [6.07, 6.45) is 4.40. The molecule has 0 N–H and O–H groups in total.